The van der Waals surface area contributed by atoms with E-state index in [0.29, 0.717) is 6.04 Å². The largest absolute Gasteiger partial charge is 0.337 e. The standard InChI is InChI=1S/C16H20Br2N2O/c17-13-8-12(9-14(18)10-13)16(21)20-7-4-15(11-20)19-5-2-1-3-6-19/h8-10,15H,1-7,11H2. The van der Waals surface area contributed by atoms with Gasteiger partial charge >= 0.3 is 0 Å². The van der Waals surface area contributed by atoms with Crippen molar-refractivity contribution < 1.29 is 4.79 Å². The van der Waals surface area contributed by atoms with Gasteiger partial charge in [-0.05, 0) is 50.6 Å². The normalized spacial score (nSPS) is 23.5. The monoisotopic (exact) mass is 414 g/mol. The number of carbonyl (C=O) groups excluding carboxylic acids is 1. The Balaban J connectivity index is 1.66. The molecule has 21 heavy (non-hydrogen) atoms. The maximum atomic E-state index is 12.6. The second kappa shape index (κ2) is 6.80. The average molecular weight is 416 g/mol. The third kappa shape index (κ3) is 3.69. The molecule has 0 saturated carbocycles. The van der Waals surface area contributed by atoms with Crippen molar-refractivity contribution in [1.29, 1.82) is 0 Å². The van der Waals surface area contributed by atoms with Crippen LogP contribution < -0.4 is 0 Å². The molecule has 1 amide bonds. The summed E-state index contributed by atoms with van der Waals surface area (Å²) in [6.07, 6.45) is 5.09. The van der Waals surface area contributed by atoms with E-state index in [9.17, 15) is 4.79 Å². The number of nitrogens with zero attached hydrogens (tertiary/aromatic N) is 2. The molecule has 1 unspecified atom stereocenters. The molecule has 2 fully saturated rings. The summed E-state index contributed by atoms with van der Waals surface area (Å²) in [6.45, 7) is 4.16. The van der Waals surface area contributed by atoms with Crippen LogP contribution in [0.2, 0.25) is 0 Å². The zero-order valence-electron chi connectivity index (χ0n) is 12.0. The van der Waals surface area contributed by atoms with E-state index < -0.39 is 0 Å². The van der Waals surface area contributed by atoms with E-state index in [1.54, 1.807) is 0 Å². The van der Waals surface area contributed by atoms with Crippen LogP contribution in [0.25, 0.3) is 0 Å². The molecule has 2 heterocycles. The smallest absolute Gasteiger partial charge is 0.253 e. The van der Waals surface area contributed by atoms with Gasteiger partial charge in [0.1, 0.15) is 0 Å². The fourth-order valence-electron chi connectivity index (χ4n) is 3.37. The van der Waals surface area contributed by atoms with E-state index in [1.807, 2.05) is 23.1 Å². The number of amides is 1. The molecular formula is C16H20Br2N2O. The summed E-state index contributed by atoms with van der Waals surface area (Å²) < 4.78 is 1.87. The van der Waals surface area contributed by atoms with Gasteiger partial charge in [0.25, 0.3) is 5.91 Å². The SMILES string of the molecule is O=C(c1cc(Br)cc(Br)c1)N1CCC(N2CCCCC2)C1. The lowest BCUT2D eigenvalue weighted by molar-refractivity contribution is 0.0771. The van der Waals surface area contributed by atoms with Crippen LogP contribution in [0, 0.1) is 0 Å². The molecule has 0 spiro atoms. The predicted octanol–water partition coefficient (Wildman–Crippen LogP) is 3.91. The van der Waals surface area contributed by atoms with Crippen LogP contribution in [-0.4, -0.2) is 47.9 Å². The molecule has 1 aromatic rings. The average Bonchev–Trinajstić information content (AvgIpc) is 2.96. The number of likely N-dealkylation sites (tertiary alicyclic amines) is 2. The molecule has 1 atom stereocenters. The van der Waals surface area contributed by atoms with Crippen LogP contribution in [0.3, 0.4) is 0 Å². The van der Waals surface area contributed by atoms with Crippen LogP contribution >= 0.6 is 31.9 Å². The number of halogens is 2. The highest BCUT2D eigenvalue weighted by molar-refractivity contribution is 9.11. The van der Waals surface area contributed by atoms with Crippen molar-refractivity contribution >= 4 is 37.8 Å². The first kappa shape index (κ1) is 15.5. The first-order valence-corrected chi connectivity index (χ1v) is 9.21. The zero-order chi connectivity index (χ0) is 14.8. The maximum absolute atomic E-state index is 12.6. The summed E-state index contributed by atoms with van der Waals surface area (Å²) in [5.74, 6) is 0.150. The molecule has 3 rings (SSSR count). The molecule has 1 aromatic carbocycles. The Bertz CT molecular complexity index is 509. The van der Waals surface area contributed by atoms with Crippen LogP contribution in [0.1, 0.15) is 36.0 Å². The first-order chi connectivity index (χ1) is 10.1. The van der Waals surface area contributed by atoms with Crippen LogP contribution in [0.5, 0.6) is 0 Å². The van der Waals surface area contributed by atoms with Crippen molar-refractivity contribution in [3.63, 3.8) is 0 Å². The van der Waals surface area contributed by atoms with E-state index in [2.05, 4.69) is 36.8 Å². The third-order valence-electron chi connectivity index (χ3n) is 4.47. The lowest BCUT2D eigenvalue weighted by Crippen LogP contribution is -2.41. The summed E-state index contributed by atoms with van der Waals surface area (Å²) in [5.41, 5.74) is 0.760. The molecular weight excluding hydrogens is 396 g/mol. The fraction of sp³-hybridized carbons (Fsp3) is 0.562. The van der Waals surface area contributed by atoms with Crippen LogP contribution in [0.15, 0.2) is 27.1 Å². The minimum Gasteiger partial charge on any atom is -0.337 e. The summed E-state index contributed by atoms with van der Waals surface area (Å²) in [5, 5.41) is 0. The Morgan fingerprint density at radius 1 is 1.00 bits per heavy atom. The Morgan fingerprint density at radius 3 is 2.33 bits per heavy atom. The lowest BCUT2D eigenvalue weighted by Gasteiger charge is -2.32. The highest BCUT2D eigenvalue weighted by atomic mass is 79.9. The minimum atomic E-state index is 0.150. The van der Waals surface area contributed by atoms with Gasteiger partial charge < -0.3 is 4.90 Å². The molecule has 114 valence electrons. The number of hydrogen-bond donors (Lipinski definition) is 0. The second-order valence-corrected chi connectivity index (χ2v) is 7.78. The molecule has 0 radical (unpaired) electrons. The van der Waals surface area contributed by atoms with Crippen molar-refractivity contribution in [1.82, 2.24) is 9.80 Å². The zero-order valence-corrected chi connectivity index (χ0v) is 15.2. The number of hydrogen-bond acceptors (Lipinski definition) is 2. The summed E-state index contributed by atoms with van der Waals surface area (Å²) in [7, 11) is 0. The predicted molar refractivity (Wildman–Crippen MR) is 91.6 cm³/mol. The molecule has 5 heteroatoms. The molecule has 0 aliphatic carbocycles. The van der Waals surface area contributed by atoms with Gasteiger partial charge in [-0.15, -0.1) is 0 Å². The number of benzene rings is 1. The minimum absolute atomic E-state index is 0.150. The van der Waals surface area contributed by atoms with Gasteiger partial charge in [-0.1, -0.05) is 38.3 Å². The Morgan fingerprint density at radius 2 is 1.67 bits per heavy atom. The number of carbonyl (C=O) groups is 1. The molecule has 3 nitrogen and oxygen atoms in total. The highest BCUT2D eigenvalue weighted by Gasteiger charge is 2.31. The summed E-state index contributed by atoms with van der Waals surface area (Å²) in [6, 6.07) is 6.32. The molecule has 0 bridgehead atoms. The first-order valence-electron chi connectivity index (χ1n) is 7.63. The Hall–Kier alpha value is -0.390. The van der Waals surface area contributed by atoms with Crippen molar-refractivity contribution in [2.45, 2.75) is 31.7 Å². The van der Waals surface area contributed by atoms with E-state index in [4.69, 9.17) is 0 Å². The molecule has 2 aliphatic rings. The van der Waals surface area contributed by atoms with Crippen LogP contribution in [-0.2, 0) is 0 Å². The molecule has 0 aromatic heterocycles. The quantitative estimate of drug-likeness (QED) is 0.730. The van der Waals surface area contributed by atoms with Gasteiger partial charge in [-0.25, -0.2) is 0 Å². The molecule has 2 saturated heterocycles. The van der Waals surface area contributed by atoms with Gasteiger partial charge in [0.05, 0.1) is 0 Å². The van der Waals surface area contributed by atoms with Gasteiger partial charge in [-0.3, -0.25) is 9.69 Å². The number of rotatable bonds is 2. The fourth-order valence-corrected chi connectivity index (χ4v) is 4.66. The highest BCUT2D eigenvalue weighted by Crippen LogP contribution is 2.24. The van der Waals surface area contributed by atoms with Gasteiger partial charge in [0.15, 0.2) is 0 Å². The summed E-state index contributed by atoms with van der Waals surface area (Å²) in [4.78, 5) is 17.2. The van der Waals surface area contributed by atoms with Gasteiger partial charge in [0, 0.05) is 33.6 Å². The van der Waals surface area contributed by atoms with Crippen molar-refractivity contribution in [3.8, 4) is 0 Å². The van der Waals surface area contributed by atoms with E-state index in [1.165, 1.54) is 32.4 Å². The number of piperidine rings is 1. The van der Waals surface area contributed by atoms with Crippen LogP contribution in [0.4, 0.5) is 0 Å². The van der Waals surface area contributed by atoms with Gasteiger partial charge in [-0.2, -0.15) is 0 Å². The Labute approximate surface area is 142 Å². The van der Waals surface area contributed by atoms with Gasteiger partial charge in [0.2, 0.25) is 0 Å². The van der Waals surface area contributed by atoms with E-state index in [0.717, 1.165) is 34.0 Å². The molecule has 2 aliphatic heterocycles. The van der Waals surface area contributed by atoms with Crippen molar-refractivity contribution in [2.24, 2.45) is 0 Å². The van der Waals surface area contributed by atoms with E-state index >= 15 is 0 Å². The Kier molecular flexibility index (Phi) is 5.02. The maximum Gasteiger partial charge on any atom is 0.253 e. The summed E-state index contributed by atoms with van der Waals surface area (Å²) >= 11 is 6.91. The van der Waals surface area contributed by atoms with Crippen molar-refractivity contribution in [3.05, 3.63) is 32.7 Å². The topological polar surface area (TPSA) is 23.6 Å². The van der Waals surface area contributed by atoms with E-state index in [-0.39, 0.29) is 5.91 Å². The second-order valence-electron chi connectivity index (χ2n) is 5.95. The van der Waals surface area contributed by atoms with Crippen molar-refractivity contribution in [2.75, 3.05) is 26.2 Å². The third-order valence-corrected chi connectivity index (χ3v) is 5.38. The molecule has 0 N–H and O–H groups in total. The lowest BCUT2D eigenvalue weighted by atomic mass is 10.1.